The Hall–Kier alpha value is -2.37. The second-order valence-electron chi connectivity index (χ2n) is 3.20. The number of non-ortho nitro benzene ring substituents is 1. The van der Waals surface area contributed by atoms with Crippen LogP contribution in [0.1, 0.15) is 0 Å². The van der Waals surface area contributed by atoms with E-state index < -0.39 is 4.92 Å². The molecule has 0 unspecified atom stereocenters. The van der Waals surface area contributed by atoms with Gasteiger partial charge in [-0.15, -0.1) is 0 Å². The topological polar surface area (TPSA) is 76.2 Å². The lowest BCUT2D eigenvalue weighted by Crippen LogP contribution is -1.87. The maximum Gasteiger partial charge on any atom is 0.271 e. The van der Waals surface area contributed by atoms with Crippen LogP contribution < -0.4 is 0 Å². The molecule has 0 aliphatic heterocycles. The number of fused-ring (bicyclic) bond motifs is 3. The van der Waals surface area contributed by atoms with E-state index in [0.717, 1.165) is 11.0 Å². The fourth-order valence-corrected chi connectivity index (χ4v) is 1.65. The fourth-order valence-electron chi connectivity index (χ4n) is 1.65. The first-order valence-electron chi connectivity index (χ1n) is 4.35. The summed E-state index contributed by atoms with van der Waals surface area (Å²) in [4.78, 5) is 17.3. The van der Waals surface area contributed by atoms with E-state index in [0.29, 0.717) is 5.78 Å². The Kier molecular flexibility index (Phi) is 1.37. The van der Waals surface area contributed by atoms with Gasteiger partial charge in [0, 0.05) is 24.5 Å². The van der Waals surface area contributed by atoms with Gasteiger partial charge in [0.25, 0.3) is 5.69 Å². The average molecular weight is 202 g/mol. The quantitative estimate of drug-likeness (QED) is 0.482. The van der Waals surface area contributed by atoms with Crippen molar-refractivity contribution in [3.05, 3.63) is 40.7 Å². The van der Waals surface area contributed by atoms with Crippen molar-refractivity contribution in [3.63, 3.8) is 0 Å². The summed E-state index contributed by atoms with van der Waals surface area (Å²) in [7, 11) is 0. The van der Waals surface area contributed by atoms with Crippen LogP contribution in [0.25, 0.3) is 16.8 Å². The number of nitrogens with one attached hydrogen (secondary N) is 1. The highest BCUT2D eigenvalue weighted by Gasteiger charge is 2.10. The third-order valence-electron chi connectivity index (χ3n) is 2.34. The Balaban J connectivity index is 2.44. The third-order valence-corrected chi connectivity index (χ3v) is 2.34. The Morgan fingerprint density at radius 1 is 1.47 bits per heavy atom. The molecule has 3 rings (SSSR count). The van der Waals surface area contributed by atoms with Gasteiger partial charge in [0.2, 0.25) is 5.78 Å². The second kappa shape index (κ2) is 2.57. The predicted octanol–water partition coefficient (Wildman–Crippen LogP) is 1.72. The third kappa shape index (κ3) is 1.01. The van der Waals surface area contributed by atoms with Crippen molar-refractivity contribution in [2.75, 3.05) is 0 Å². The number of nitro benzene ring substituents is 1. The number of H-pyrrole nitrogens is 1. The molecule has 6 nitrogen and oxygen atoms in total. The largest absolute Gasteiger partial charge is 0.323 e. The molecule has 0 aliphatic carbocycles. The maximum absolute atomic E-state index is 10.6. The fraction of sp³-hybridized carbons (Fsp3) is 0. The van der Waals surface area contributed by atoms with Crippen molar-refractivity contribution < 1.29 is 4.92 Å². The minimum Gasteiger partial charge on any atom is -0.323 e. The molecule has 0 spiro atoms. The first-order valence-corrected chi connectivity index (χ1v) is 4.35. The molecule has 74 valence electrons. The summed E-state index contributed by atoms with van der Waals surface area (Å²) in [6.07, 6.45) is 3.40. The molecular formula is C9H6N4O2. The molecule has 3 aromatic rings. The summed E-state index contributed by atoms with van der Waals surface area (Å²) in [5.41, 5.74) is 1.68. The molecule has 6 heteroatoms. The van der Waals surface area contributed by atoms with E-state index in [1.807, 2.05) is 0 Å². The number of nitrogens with zero attached hydrogens (tertiary/aromatic N) is 3. The molecule has 0 fully saturated rings. The number of benzene rings is 1. The number of hydrogen-bond donors (Lipinski definition) is 1. The van der Waals surface area contributed by atoms with Gasteiger partial charge in [0.15, 0.2) is 0 Å². The minimum atomic E-state index is -0.408. The van der Waals surface area contributed by atoms with Gasteiger partial charge in [-0.3, -0.25) is 14.5 Å². The van der Waals surface area contributed by atoms with Gasteiger partial charge >= 0.3 is 0 Å². The van der Waals surface area contributed by atoms with Crippen LogP contribution >= 0.6 is 0 Å². The number of imidazole rings is 2. The van der Waals surface area contributed by atoms with E-state index in [1.165, 1.54) is 12.1 Å². The number of aromatic amines is 1. The number of rotatable bonds is 1. The summed E-state index contributed by atoms with van der Waals surface area (Å²) >= 11 is 0. The Morgan fingerprint density at radius 2 is 2.33 bits per heavy atom. The minimum absolute atomic E-state index is 0.0806. The smallest absolute Gasteiger partial charge is 0.271 e. The summed E-state index contributed by atoms with van der Waals surface area (Å²) in [6, 6.07) is 4.68. The van der Waals surface area contributed by atoms with Crippen LogP contribution in [0.5, 0.6) is 0 Å². The van der Waals surface area contributed by atoms with Crippen LogP contribution in [0.4, 0.5) is 5.69 Å². The zero-order valence-electron chi connectivity index (χ0n) is 7.54. The van der Waals surface area contributed by atoms with Crippen LogP contribution in [-0.2, 0) is 0 Å². The van der Waals surface area contributed by atoms with Gasteiger partial charge in [-0.2, -0.15) is 0 Å². The molecule has 0 radical (unpaired) electrons. The van der Waals surface area contributed by atoms with Gasteiger partial charge in [-0.25, -0.2) is 4.98 Å². The molecule has 0 amide bonds. The van der Waals surface area contributed by atoms with Gasteiger partial charge in [0.05, 0.1) is 16.0 Å². The summed E-state index contributed by atoms with van der Waals surface area (Å²) in [6.45, 7) is 0. The van der Waals surface area contributed by atoms with Crippen molar-refractivity contribution >= 4 is 22.5 Å². The van der Waals surface area contributed by atoms with Crippen molar-refractivity contribution in [2.45, 2.75) is 0 Å². The summed E-state index contributed by atoms with van der Waals surface area (Å²) in [5.74, 6) is 0.686. The maximum atomic E-state index is 10.6. The summed E-state index contributed by atoms with van der Waals surface area (Å²) in [5, 5.41) is 10.6. The molecule has 0 saturated heterocycles. The highest BCUT2D eigenvalue weighted by atomic mass is 16.6. The predicted molar refractivity (Wildman–Crippen MR) is 53.7 cm³/mol. The monoisotopic (exact) mass is 202 g/mol. The van der Waals surface area contributed by atoms with Crippen molar-refractivity contribution in [3.8, 4) is 0 Å². The van der Waals surface area contributed by atoms with Crippen molar-refractivity contribution in [1.29, 1.82) is 0 Å². The Bertz CT molecular complexity index is 667. The normalized spacial score (nSPS) is 11.2. The molecular weight excluding hydrogens is 196 g/mol. The van der Waals surface area contributed by atoms with E-state index in [-0.39, 0.29) is 5.69 Å². The van der Waals surface area contributed by atoms with Gasteiger partial charge < -0.3 is 4.98 Å². The van der Waals surface area contributed by atoms with E-state index >= 15 is 0 Å². The molecule has 0 bridgehead atoms. The molecule has 15 heavy (non-hydrogen) atoms. The van der Waals surface area contributed by atoms with Crippen LogP contribution in [-0.4, -0.2) is 19.3 Å². The molecule has 0 aliphatic rings. The Morgan fingerprint density at radius 3 is 3.13 bits per heavy atom. The average Bonchev–Trinajstić information content (AvgIpc) is 2.75. The summed E-state index contributed by atoms with van der Waals surface area (Å²) < 4.78 is 1.78. The zero-order chi connectivity index (χ0) is 10.4. The molecule has 1 N–H and O–H groups in total. The lowest BCUT2D eigenvalue weighted by Gasteiger charge is -1.91. The van der Waals surface area contributed by atoms with Gasteiger partial charge in [-0.05, 0) is 6.07 Å². The Labute approximate surface area is 83.3 Å². The number of aromatic nitrogens is 3. The molecule has 1 aromatic carbocycles. The van der Waals surface area contributed by atoms with E-state index in [2.05, 4.69) is 9.97 Å². The zero-order valence-corrected chi connectivity index (χ0v) is 7.54. The standard InChI is InChI=1S/C9H6N4O2/c14-13(15)6-1-2-7-8(5-6)12-4-3-10-9(12)11-7/h1-5H,(H,10,11). The van der Waals surface area contributed by atoms with E-state index in [9.17, 15) is 10.1 Å². The molecule has 2 aromatic heterocycles. The molecule has 2 heterocycles. The van der Waals surface area contributed by atoms with E-state index in [4.69, 9.17) is 0 Å². The number of nitro groups is 1. The van der Waals surface area contributed by atoms with E-state index in [1.54, 1.807) is 22.9 Å². The lowest BCUT2D eigenvalue weighted by molar-refractivity contribution is -0.384. The molecule has 0 atom stereocenters. The highest BCUT2D eigenvalue weighted by Crippen LogP contribution is 2.21. The van der Waals surface area contributed by atoms with Crippen molar-refractivity contribution in [2.24, 2.45) is 0 Å². The lowest BCUT2D eigenvalue weighted by atomic mass is 10.3. The highest BCUT2D eigenvalue weighted by molar-refractivity contribution is 5.81. The van der Waals surface area contributed by atoms with Crippen molar-refractivity contribution in [1.82, 2.24) is 14.4 Å². The number of hydrogen-bond acceptors (Lipinski definition) is 3. The van der Waals surface area contributed by atoms with Crippen LogP contribution in [0.2, 0.25) is 0 Å². The first kappa shape index (κ1) is 7.98. The van der Waals surface area contributed by atoms with Gasteiger partial charge in [0.1, 0.15) is 0 Å². The first-order chi connectivity index (χ1) is 7.25. The van der Waals surface area contributed by atoms with Crippen LogP contribution in [0.3, 0.4) is 0 Å². The van der Waals surface area contributed by atoms with Crippen LogP contribution in [0.15, 0.2) is 30.6 Å². The second-order valence-corrected chi connectivity index (χ2v) is 3.20. The molecule has 0 saturated carbocycles. The van der Waals surface area contributed by atoms with Crippen LogP contribution in [0, 0.1) is 10.1 Å². The SMILES string of the molecule is O=[N+]([O-])c1ccc2[nH]c3nccn3c2c1. The van der Waals surface area contributed by atoms with Gasteiger partial charge in [-0.1, -0.05) is 0 Å².